The number of ether oxygens (including phenoxy) is 2. The minimum Gasteiger partial charge on any atom is -0.493 e. The molecule has 2 aromatic carbocycles. The van der Waals surface area contributed by atoms with Gasteiger partial charge in [0.05, 0.1) is 32.8 Å². The number of morpholine rings is 1. The molecule has 4 rings (SSSR count). The summed E-state index contributed by atoms with van der Waals surface area (Å²) in [5.74, 6) is 0.992. The van der Waals surface area contributed by atoms with Gasteiger partial charge in [-0.3, -0.25) is 14.5 Å². The van der Waals surface area contributed by atoms with E-state index in [1.807, 2.05) is 35.2 Å². The molecular formula is C27H35N3O4. The van der Waals surface area contributed by atoms with Crippen LogP contribution in [0.25, 0.3) is 0 Å². The SMILES string of the molecule is O=C1CN(Cc2ccccc2)Cc2cc(CC(=O)N3CCOCC3)ccc2OCCCCCN1. The molecule has 0 atom stereocenters. The number of amides is 2. The van der Waals surface area contributed by atoms with Gasteiger partial charge in [0.25, 0.3) is 0 Å². The van der Waals surface area contributed by atoms with E-state index >= 15 is 0 Å². The van der Waals surface area contributed by atoms with Crippen LogP contribution in [-0.2, 0) is 33.8 Å². The Balaban J connectivity index is 1.55. The number of nitrogens with zero attached hydrogens (tertiary/aromatic N) is 2. The van der Waals surface area contributed by atoms with E-state index in [-0.39, 0.29) is 11.8 Å². The third kappa shape index (κ3) is 7.30. The highest BCUT2D eigenvalue weighted by Crippen LogP contribution is 2.24. The minimum atomic E-state index is 0.0382. The van der Waals surface area contributed by atoms with Gasteiger partial charge in [-0.2, -0.15) is 0 Å². The van der Waals surface area contributed by atoms with Crippen LogP contribution in [-0.4, -0.2) is 67.6 Å². The van der Waals surface area contributed by atoms with Gasteiger partial charge in [0, 0.05) is 38.3 Å². The van der Waals surface area contributed by atoms with E-state index in [1.165, 1.54) is 0 Å². The molecule has 0 aromatic heterocycles. The number of benzene rings is 2. The van der Waals surface area contributed by atoms with Gasteiger partial charge in [-0.05, 0) is 36.5 Å². The normalized spacial score (nSPS) is 18.5. The summed E-state index contributed by atoms with van der Waals surface area (Å²) in [4.78, 5) is 29.5. The van der Waals surface area contributed by atoms with E-state index in [9.17, 15) is 9.59 Å². The predicted octanol–water partition coefficient (Wildman–Crippen LogP) is 2.77. The van der Waals surface area contributed by atoms with Crippen molar-refractivity contribution in [2.24, 2.45) is 0 Å². The van der Waals surface area contributed by atoms with Crippen LogP contribution in [0.2, 0.25) is 0 Å². The second-order valence-corrected chi connectivity index (χ2v) is 9.00. The summed E-state index contributed by atoms with van der Waals surface area (Å²) in [6.45, 7) is 5.36. The highest BCUT2D eigenvalue weighted by molar-refractivity contribution is 5.79. The molecule has 0 spiro atoms. The van der Waals surface area contributed by atoms with Gasteiger partial charge in [-0.15, -0.1) is 0 Å². The first-order valence-corrected chi connectivity index (χ1v) is 12.3. The molecule has 1 N–H and O–H groups in total. The fourth-order valence-corrected chi connectivity index (χ4v) is 4.43. The molecule has 1 saturated heterocycles. The third-order valence-electron chi connectivity index (χ3n) is 6.26. The van der Waals surface area contributed by atoms with Gasteiger partial charge >= 0.3 is 0 Å². The first-order chi connectivity index (χ1) is 16.7. The van der Waals surface area contributed by atoms with Crippen molar-refractivity contribution < 1.29 is 19.1 Å². The molecule has 0 bridgehead atoms. The Labute approximate surface area is 202 Å². The molecule has 2 aromatic rings. The molecule has 0 saturated carbocycles. The fourth-order valence-electron chi connectivity index (χ4n) is 4.43. The van der Waals surface area contributed by atoms with Gasteiger partial charge in [-0.1, -0.05) is 42.5 Å². The van der Waals surface area contributed by atoms with Crippen LogP contribution < -0.4 is 10.1 Å². The maximum atomic E-state index is 12.8. The van der Waals surface area contributed by atoms with Gasteiger partial charge < -0.3 is 19.7 Å². The fraction of sp³-hybridized carbons (Fsp3) is 0.481. The highest BCUT2D eigenvalue weighted by Gasteiger charge is 2.19. The summed E-state index contributed by atoms with van der Waals surface area (Å²) < 4.78 is 11.5. The summed E-state index contributed by atoms with van der Waals surface area (Å²) in [5, 5.41) is 3.05. The zero-order valence-corrected chi connectivity index (χ0v) is 19.8. The zero-order valence-electron chi connectivity index (χ0n) is 19.8. The molecule has 2 amide bonds. The highest BCUT2D eigenvalue weighted by atomic mass is 16.5. The number of hydrogen-bond acceptors (Lipinski definition) is 5. The van der Waals surface area contributed by atoms with Gasteiger partial charge in [-0.25, -0.2) is 0 Å². The molecule has 2 aliphatic rings. The molecular weight excluding hydrogens is 430 g/mol. The van der Waals surface area contributed by atoms with Crippen molar-refractivity contribution in [3.63, 3.8) is 0 Å². The Bertz CT molecular complexity index is 944. The molecule has 0 unspecified atom stereocenters. The van der Waals surface area contributed by atoms with E-state index in [4.69, 9.17) is 9.47 Å². The standard InChI is InChI=1S/C27H35N3O4/c31-26-21-29(19-22-7-3-1-4-8-22)20-24-17-23(18-27(32)30-12-15-33-16-13-30)9-10-25(24)34-14-6-2-5-11-28-26/h1,3-4,7-10,17H,2,5-6,11-16,18-21H2,(H,28,31). The van der Waals surface area contributed by atoms with Crippen molar-refractivity contribution in [3.8, 4) is 5.75 Å². The van der Waals surface area contributed by atoms with E-state index < -0.39 is 0 Å². The van der Waals surface area contributed by atoms with Crippen LogP contribution in [0.4, 0.5) is 0 Å². The smallest absolute Gasteiger partial charge is 0.234 e. The third-order valence-corrected chi connectivity index (χ3v) is 6.26. The van der Waals surface area contributed by atoms with Crippen molar-refractivity contribution >= 4 is 11.8 Å². The Kier molecular flexibility index (Phi) is 8.93. The number of fused-ring (bicyclic) bond motifs is 1. The van der Waals surface area contributed by atoms with Crippen molar-refractivity contribution in [2.75, 3.05) is 46.0 Å². The van der Waals surface area contributed by atoms with Crippen molar-refractivity contribution in [3.05, 3.63) is 65.2 Å². The molecule has 7 nitrogen and oxygen atoms in total. The number of hydrogen-bond donors (Lipinski definition) is 1. The molecule has 2 aliphatic heterocycles. The van der Waals surface area contributed by atoms with E-state index in [1.54, 1.807) is 0 Å². The topological polar surface area (TPSA) is 71.1 Å². The van der Waals surface area contributed by atoms with Crippen LogP contribution in [0.1, 0.15) is 36.0 Å². The van der Waals surface area contributed by atoms with Crippen molar-refractivity contribution in [1.29, 1.82) is 0 Å². The average molecular weight is 466 g/mol. The summed E-state index contributed by atoms with van der Waals surface area (Å²) >= 11 is 0. The summed E-state index contributed by atoms with van der Waals surface area (Å²) in [6, 6.07) is 16.2. The number of nitrogens with one attached hydrogen (secondary N) is 1. The van der Waals surface area contributed by atoms with Crippen LogP contribution in [0.5, 0.6) is 5.75 Å². The second kappa shape index (κ2) is 12.5. The Morgan fingerprint density at radius 2 is 1.74 bits per heavy atom. The van der Waals surface area contributed by atoms with Crippen molar-refractivity contribution in [1.82, 2.24) is 15.1 Å². The first-order valence-electron chi connectivity index (χ1n) is 12.3. The molecule has 182 valence electrons. The molecule has 0 aliphatic carbocycles. The van der Waals surface area contributed by atoms with Crippen molar-refractivity contribution in [2.45, 2.75) is 38.8 Å². The number of carbonyl (C=O) groups excluding carboxylic acids is 2. The molecule has 34 heavy (non-hydrogen) atoms. The molecule has 7 heteroatoms. The molecule has 2 heterocycles. The lowest BCUT2D eigenvalue weighted by Crippen LogP contribution is -2.41. The monoisotopic (exact) mass is 465 g/mol. The van der Waals surface area contributed by atoms with E-state index in [0.717, 1.165) is 41.7 Å². The quantitative estimate of drug-likeness (QED) is 0.752. The van der Waals surface area contributed by atoms with Crippen LogP contribution >= 0.6 is 0 Å². The minimum absolute atomic E-state index is 0.0382. The first kappa shape index (κ1) is 24.2. The summed E-state index contributed by atoms with van der Waals surface area (Å²) in [6.07, 6.45) is 3.26. The maximum absolute atomic E-state index is 12.8. The van der Waals surface area contributed by atoms with E-state index in [2.05, 4.69) is 28.4 Å². The predicted molar refractivity (Wildman–Crippen MR) is 130 cm³/mol. The van der Waals surface area contributed by atoms with Crippen LogP contribution in [0.3, 0.4) is 0 Å². The lowest BCUT2D eigenvalue weighted by molar-refractivity contribution is -0.134. The summed E-state index contributed by atoms with van der Waals surface area (Å²) in [5.41, 5.74) is 3.13. The lowest BCUT2D eigenvalue weighted by atomic mass is 10.0. The van der Waals surface area contributed by atoms with Gasteiger partial charge in [0.1, 0.15) is 5.75 Å². The number of carbonyl (C=O) groups is 2. The zero-order chi connectivity index (χ0) is 23.6. The molecule has 0 radical (unpaired) electrons. The summed E-state index contributed by atoms with van der Waals surface area (Å²) in [7, 11) is 0. The lowest BCUT2D eigenvalue weighted by Gasteiger charge is -2.27. The Morgan fingerprint density at radius 3 is 2.56 bits per heavy atom. The van der Waals surface area contributed by atoms with E-state index in [0.29, 0.717) is 65.5 Å². The van der Waals surface area contributed by atoms with Gasteiger partial charge in [0.15, 0.2) is 0 Å². The largest absolute Gasteiger partial charge is 0.493 e. The Morgan fingerprint density at radius 1 is 0.912 bits per heavy atom. The maximum Gasteiger partial charge on any atom is 0.234 e. The average Bonchev–Trinajstić information content (AvgIpc) is 2.86. The van der Waals surface area contributed by atoms with Crippen LogP contribution in [0.15, 0.2) is 48.5 Å². The van der Waals surface area contributed by atoms with Gasteiger partial charge in [0.2, 0.25) is 11.8 Å². The molecule has 1 fully saturated rings. The second-order valence-electron chi connectivity index (χ2n) is 9.00. The van der Waals surface area contributed by atoms with Crippen LogP contribution in [0, 0.1) is 0 Å². The number of rotatable bonds is 4. The Hall–Kier alpha value is -2.90.